The maximum Gasteiger partial charge on any atom is 0.164 e. The minimum atomic E-state index is -0.363. The van der Waals surface area contributed by atoms with Crippen molar-refractivity contribution in [1.82, 2.24) is 4.98 Å². The zero-order valence-corrected chi connectivity index (χ0v) is 13.8. The lowest BCUT2D eigenvalue weighted by Gasteiger charge is -2.14. The van der Waals surface area contributed by atoms with E-state index in [4.69, 9.17) is 4.84 Å². The van der Waals surface area contributed by atoms with Gasteiger partial charge in [0.2, 0.25) is 0 Å². The molecule has 1 aromatic heterocycles. The second-order valence-corrected chi connectivity index (χ2v) is 6.52. The molecule has 1 fully saturated rings. The Balaban J connectivity index is 1.66. The first-order chi connectivity index (χ1) is 11.2. The normalized spacial score (nSPS) is 14.0. The molecule has 0 spiro atoms. The van der Waals surface area contributed by atoms with Crippen molar-refractivity contribution >= 4 is 32.5 Å². The molecule has 0 atom stereocenters. The van der Waals surface area contributed by atoms with Crippen LogP contribution in [0.15, 0.2) is 53.1 Å². The summed E-state index contributed by atoms with van der Waals surface area (Å²) in [6.45, 7) is 0. The Kier molecular flexibility index (Phi) is 3.65. The number of anilines is 1. The number of pyridine rings is 1. The SMILES string of the molecule is Fc1cc(ONc2ncc3ccccc3c2C2CC2)ccc1Br. The monoisotopic (exact) mass is 372 g/mol. The maximum absolute atomic E-state index is 13.6. The molecule has 0 saturated heterocycles. The highest BCUT2D eigenvalue weighted by Gasteiger charge is 2.29. The van der Waals surface area contributed by atoms with Gasteiger partial charge in [0.05, 0.1) is 4.47 Å². The molecule has 2 aromatic carbocycles. The Labute approximate surface area is 141 Å². The molecule has 116 valence electrons. The Bertz CT molecular complexity index is 880. The molecule has 3 aromatic rings. The number of aromatic nitrogens is 1. The molecule has 1 aliphatic carbocycles. The van der Waals surface area contributed by atoms with Gasteiger partial charge in [0.25, 0.3) is 0 Å². The average Bonchev–Trinajstić information content (AvgIpc) is 3.40. The largest absolute Gasteiger partial charge is 0.381 e. The Morgan fingerprint density at radius 1 is 1.17 bits per heavy atom. The first-order valence-electron chi connectivity index (χ1n) is 7.48. The van der Waals surface area contributed by atoms with Crippen LogP contribution in [0.2, 0.25) is 0 Å². The lowest BCUT2D eigenvalue weighted by molar-refractivity contribution is 0.398. The first-order valence-corrected chi connectivity index (χ1v) is 8.27. The molecule has 1 N–H and O–H groups in total. The van der Waals surface area contributed by atoms with Gasteiger partial charge in [-0.05, 0) is 52.2 Å². The van der Waals surface area contributed by atoms with E-state index >= 15 is 0 Å². The summed E-state index contributed by atoms with van der Waals surface area (Å²) in [7, 11) is 0. The van der Waals surface area contributed by atoms with E-state index in [1.165, 1.54) is 17.0 Å². The summed E-state index contributed by atoms with van der Waals surface area (Å²) in [5.74, 6) is 1.26. The summed E-state index contributed by atoms with van der Waals surface area (Å²) in [6.07, 6.45) is 4.16. The van der Waals surface area contributed by atoms with Crippen LogP contribution in [0.4, 0.5) is 10.2 Å². The zero-order valence-electron chi connectivity index (χ0n) is 12.2. The van der Waals surface area contributed by atoms with Crippen LogP contribution in [0.5, 0.6) is 5.75 Å². The van der Waals surface area contributed by atoms with Crippen molar-refractivity contribution in [2.24, 2.45) is 0 Å². The number of rotatable bonds is 4. The molecule has 1 heterocycles. The highest BCUT2D eigenvalue weighted by Crippen LogP contribution is 2.46. The van der Waals surface area contributed by atoms with Crippen molar-refractivity contribution in [3.63, 3.8) is 0 Å². The molecule has 4 rings (SSSR count). The molecular formula is C18H14BrFN2O. The predicted molar refractivity (Wildman–Crippen MR) is 92.1 cm³/mol. The summed E-state index contributed by atoms with van der Waals surface area (Å²) in [6, 6.07) is 12.8. The number of hydrogen-bond acceptors (Lipinski definition) is 3. The fourth-order valence-electron chi connectivity index (χ4n) is 2.70. The lowest BCUT2D eigenvalue weighted by Crippen LogP contribution is -2.09. The van der Waals surface area contributed by atoms with E-state index in [1.54, 1.807) is 12.1 Å². The van der Waals surface area contributed by atoms with Gasteiger partial charge in [-0.3, -0.25) is 0 Å². The van der Waals surface area contributed by atoms with E-state index in [-0.39, 0.29) is 5.82 Å². The summed E-state index contributed by atoms with van der Waals surface area (Å²) < 4.78 is 14.0. The summed E-state index contributed by atoms with van der Waals surface area (Å²) in [4.78, 5) is 10.0. The van der Waals surface area contributed by atoms with E-state index in [0.29, 0.717) is 22.0 Å². The third kappa shape index (κ3) is 2.88. The topological polar surface area (TPSA) is 34.1 Å². The molecule has 0 radical (unpaired) electrons. The van der Waals surface area contributed by atoms with Crippen LogP contribution in [0.25, 0.3) is 10.8 Å². The van der Waals surface area contributed by atoms with Gasteiger partial charge >= 0.3 is 0 Å². The molecule has 3 nitrogen and oxygen atoms in total. The first kappa shape index (κ1) is 14.5. The fourth-order valence-corrected chi connectivity index (χ4v) is 2.95. The van der Waals surface area contributed by atoms with Crippen LogP contribution in [0, 0.1) is 5.82 Å². The van der Waals surface area contributed by atoms with E-state index in [2.05, 4.69) is 38.5 Å². The van der Waals surface area contributed by atoms with Crippen molar-refractivity contribution in [2.45, 2.75) is 18.8 Å². The number of nitrogens with one attached hydrogen (secondary N) is 1. The van der Waals surface area contributed by atoms with E-state index < -0.39 is 0 Å². The number of hydrogen-bond donors (Lipinski definition) is 1. The van der Waals surface area contributed by atoms with Crippen LogP contribution in [-0.4, -0.2) is 4.98 Å². The van der Waals surface area contributed by atoms with Gasteiger partial charge in [0.15, 0.2) is 11.6 Å². The number of halogens is 2. The molecule has 23 heavy (non-hydrogen) atoms. The highest BCUT2D eigenvalue weighted by molar-refractivity contribution is 9.10. The number of fused-ring (bicyclic) bond motifs is 1. The summed E-state index contributed by atoms with van der Waals surface area (Å²) in [5, 5.41) is 2.31. The average molecular weight is 373 g/mol. The van der Waals surface area contributed by atoms with Crippen molar-refractivity contribution in [2.75, 3.05) is 5.48 Å². The summed E-state index contributed by atoms with van der Waals surface area (Å²) >= 11 is 3.13. The molecular weight excluding hydrogens is 359 g/mol. The molecule has 1 saturated carbocycles. The van der Waals surface area contributed by atoms with Crippen molar-refractivity contribution in [3.8, 4) is 5.75 Å². The van der Waals surface area contributed by atoms with Crippen molar-refractivity contribution in [1.29, 1.82) is 0 Å². The Morgan fingerprint density at radius 3 is 2.78 bits per heavy atom. The van der Waals surface area contributed by atoms with Gasteiger partial charge in [-0.25, -0.2) is 14.9 Å². The van der Waals surface area contributed by atoms with Crippen LogP contribution in [-0.2, 0) is 0 Å². The summed E-state index contributed by atoms with van der Waals surface area (Å²) in [5.41, 5.74) is 4.08. The van der Waals surface area contributed by atoms with Crippen LogP contribution < -0.4 is 10.3 Å². The molecule has 0 unspecified atom stereocenters. The maximum atomic E-state index is 13.6. The van der Waals surface area contributed by atoms with Gasteiger partial charge in [0, 0.05) is 23.2 Å². The molecule has 5 heteroatoms. The molecule has 1 aliphatic rings. The van der Waals surface area contributed by atoms with Crippen LogP contribution in [0.1, 0.15) is 24.3 Å². The van der Waals surface area contributed by atoms with Gasteiger partial charge < -0.3 is 4.84 Å². The zero-order chi connectivity index (χ0) is 15.8. The van der Waals surface area contributed by atoms with E-state index in [1.807, 2.05) is 18.3 Å². The van der Waals surface area contributed by atoms with Gasteiger partial charge in [0.1, 0.15) is 5.82 Å². The van der Waals surface area contributed by atoms with Crippen molar-refractivity contribution < 1.29 is 9.23 Å². The highest BCUT2D eigenvalue weighted by atomic mass is 79.9. The number of nitrogens with zero attached hydrogens (tertiary/aromatic N) is 1. The van der Waals surface area contributed by atoms with Gasteiger partial charge in [-0.2, -0.15) is 0 Å². The van der Waals surface area contributed by atoms with E-state index in [9.17, 15) is 4.39 Å². The van der Waals surface area contributed by atoms with Gasteiger partial charge in [-0.1, -0.05) is 24.3 Å². The van der Waals surface area contributed by atoms with Crippen molar-refractivity contribution in [3.05, 3.63) is 64.5 Å². The minimum absolute atomic E-state index is 0.363. The van der Waals surface area contributed by atoms with E-state index in [0.717, 1.165) is 18.2 Å². The standard InChI is InChI=1S/C18H14BrFN2O/c19-15-8-7-13(9-16(15)20)23-22-18-17(11-5-6-11)14-4-2-1-3-12(14)10-21-18/h1-4,7-11H,5-6H2,(H,21,22). The third-order valence-electron chi connectivity index (χ3n) is 3.98. The van der Waals surface area contributed by atoms with Crippen LogP contribution in [0.3, 0.4) is 0 Å². The third-order valence-corrected chi connectivity index (χ3v) is 4.62. The predicted octanol–water partition coefficient (Wildman–Crippen LogP) is 5.42. The second-order valence-electron chi connectivity index (χ2n) is 5.66. The Hall–Kier alpha value is -2.14. The van der Waals surface area contributed by atoms with Gasteiger partial charge in [-0.15, -0.1) is 0 Å². The second kappa shape index (κ2) is 5.81. The molecule has 0 amide bonds. The quantitative estimate of drug-likeness (QED) is 0.620. The smallest absolute Gasteiger partial charge is 0.164 e. The molecule has 0 aliphatic heterocycles. The lowest BCUT2D eigenvalue weighted by atomic mass is 10.0. The van der Waals surface area contributed by atoms with Crippen LogP contribution >= 0.6 is 15.9 Å². The fraction of sp³-hybridized carbons (Fsp3) is 0.167. The molecule has 0 bridgehead atoms. The number of benzene rings is 2. The minimum Gasteiger partial charge on any atom is -0.381 e. The Morgan fingerprint density at radius 2 is 2.00 bits per heavy atom.